The summed E-state index contributed by atoms with van der Waals surface area (Å²) in [6.45, 7) is 1.38. The van der Waals surface area contributed by atoms with E-state index in [2.05, 4.69) is 20.6 Å². The van der Waals surface area contributed by atoms with Crippen molar-refractivity contribution in [2.75, 3.05) is 23.4 Å². The van der Waals surface area contributed by atoms with Gasteiger partial charge in [0.15, 0.2) is 0 Å². The molecular formula is C20H22F3N7O2S. The van der Waals surface area contributed by atoms with Crippen LogP contribution in [0.4, 0.5) is 24.8 Å². The van der Waals surface area contributed by atoms with E-state index in [1.807, 2.05) is 6.07 Å². The van der Waals surface area contributed by atoms with Crippen molar-refractivity contribution in [2.24, 2.45) is 11.5 Å². The third-order valence-electron chi connectivity index (χ3n) is 4.52. The molecule has 0 aliphatic rings. The summed E-state index contributed by atoms with van der Waals surface area (Å²) in [7, 11) is 0. The molecule has 13 heteroatoms. The summed E-state index contributed by atoms with van der Waals surface area (Å²) in [6.07, 6.45) is -2.81. The highest BCUT2D eigenvalue weighted by atomic mass is 32.2. The highest BCUT2D eigenvalue weighted by Gasteiger charge is 2.41. The van der Waals surface area contributed by atoms with Crippen molar-refractivity contribution in [1.29, 1.82) is 5.26 Å². The molecule has 1 atom stereocenters. The van der Waals surface area contributed by atoms with E-state index in [4.69, 9.17) is 11.5 Å². The number of aromatic nitrogens is 2. The molecule has 9 nitrogen and oxygen atoms in total. The Morgan fingerprint density at radius 3 is 2.48 bits per heavy atom. The molecule has 2 amide bonds. The molecule has 1 heterocycles. The largest absolute Gasteiger partial charge is 0.416 e. The molecule has 0 aliphatic heterocycles. The molecule has 0 radical (unpaired) electrons. The number of nitrogens with two attached hydrogens (primary N) is 2. The smallest absolute Gasteiger partial charge is 0.330 e. The monoisotopic (exact) mass is 481 g/mol. The van der Waals surface area contributed by atoms with Gasteiger partial charge in [0.1, 0.15) is 22.2 Å². The quantitative estimate of drug-likeness (QED) is 0.331. The number of carbonyl (C=O) groups is 2. The van der Waals surface area contributed by atoms with Gasteiger partial charge in [-0.25, -0.2) is 9.97 Å². The van der Waals surface area contributed by atoms with E-state index in [1.165, 1.54) is 13.0 Å². The normalized spacial score (nSPS) is 13.0. The standard InChI is InChI=1S/C20H22F3N7O2S/c1-11(31)27-18-29-15(14(10-25)16(30-18)33-2)19(26,7-4-8-24)17(32)28-13-6-3-5-12(9-13)20(21,22)23/h3,5-6,9H,4,7-8,24,26H2,1-2H3,(H,28,32)(H,27,29,30,31)/t19-/m1/s1. The number of amides is 2. The van der Waals surface area contributed by atoms with Gasteiger partial charge in [0.2, 0.25) is 11.9 Å². The Bertz CT molecular complexity index is 1090. The molecule has 0 aliphatic carbocycles. The molecule has 0 saturated heterocycles. The van der Waals surface area contributed by atoms with E-state index in [9.17, 15) is 28.0 Å². The van der Waals surface area contributed by atoms with E-state index in [0.29, 0.717) is 0 Å². The van der Waals surface area contributed by atoms with Crippen LogP contribution in [0.1, 0.15) is 36.6 Å². The second kappa shape index (κ2) is 10.6. The highest BCUT2D eigenvalue weighted by Crippen LogP contribution is 2.34. The van der Waals surface area contributed by atoms with Crippen molar-refractivity contribution in [2.45, 2.75) is 36.5 Å². The average molecular weight is 482 g/mol. The van der Waals surface area contributed by atoms with Gasteiger partial charge < -0.3 is 16.8 Å². The fraction of sp³-hybridized carbons (Fsp3) is 0.350. The van der Waals surface area contributed by atoms with Crippen molar-refractivity contribution >= 4 is 35.2 Å². The predicted octanol–water partition coefficient (Wildman–Crippen LogP) is 2.58. The topological polar surface area (TPSA) is 160 Å². The van der Waals surface area contributed by atoms with Gasteiger partial charge in [-0.3, -0.25) is 14.9 Å². The van der Waals surface area contributed by atoms with Gasteiger partial charge in [-0.05, 0) is 43.8 Å². The summed E-state index contributed by atoms with van der Waals surface area (Å²) in [6, 6.07) is 5.97. The van der Waals surface area contributed by atoms with E-state index >= 15 is 0 Å². The zero-order valence-corrected chi connectivity index (χ0v) is 18.6. The number of carbonyl (C=O) groups excluding carboxylic acids is 2. The third kappa shape index (κ3) is 6.19. The maximum absolute atomic E-state index is 13.3. The fourth-order valence-electron chi connectivity index (χ4n) is 2.96. The number of hydrogen-bond acceptors (Lipinski definition) is 8. The maximum atomic E-state index is 13.3. The van der Waals surface area contributed by atoms with Crippen LogP contribution in [0.15, 0.2) is 29.3 Å². The number of anilines is 2. The number of nitrogens with one attached hydrogen (secondary N) is 2. The first-order valence-electron chi connectivity index (χ1n) is 9.58. The lowest BCUT2D eigenvalue weighted by Crippen LogP contribution is -2.50. The lowest BCUT2D eigenvalue weighted by atomic mass is 9.87. The van der Waals surface area contributed by atoms with Crippen LogP contribution in [0.2, 0.25) is 0 Å². The lowest BCUT2D eigenvalue weighted by molar-refractivity contribution is -0.137. The molecule has 176 valence electrons. The van der Waals surface area contributed by atoms with Crippen molar-refractivity contribution in [3.8, 4) is 6.07 Å². The minimum atomic E-state index is -4.61. The van der Waals surface area contributed by atoms with Crippen LogP contribution < -0.4 is 22.1 Å². The molecule has 0 spiro atoms. The van der Waals surface area contributed by atoms with Gasteiger partial charge in [-0.15, -0.1) is 11.8 Å². The molecule has 0 fully saturated rings. The zero-order chi connectivity index (χ0) is 24.8. The minimum absolute atomic E-state index is 0.0761. The predicted molar refractivity (Wildman–Crippen MR) is 117 cm³/mol. The Balaban J connectivity index is 2.61. The van der Waals surface area contributed by atoms with Crippen molar-refractivity contribution in [3.63, 3.8) is 0 Å². The van der Waals surface area contributed by atoms with E-state index in [1.54, 1.807) is 6.26 Å². The third-order valence-corrected chi connectivity index (χ3v) is 5.20. The van der Waals surface area contributed by atoms with Crippen LogP contribution >= 0.6 is 11.8 Å². The summed E-state index contributed by atoms with van der Waals surface area (Å²) < 4.78 is 39.2. The van der Waals surface area contributed by atoms with Crippen molar-refractivity contribution < 1.29 is 22.8 Å². The first kappa shape index (κ1) is 26.0. The summed E-state index contributed by atoms with van der Waals surface area (Å²) in [4.78, 5) is 33.0. The first-order chi connectivity index (χ1) is 15.5. The Kier molecular flexibility index (Phi) is 8.37. The van der Waals surface area contributed by atoms with Crippen LogP contribution in [0, 0.1) is 11.3 Å². The number of benzene rings is 1. The molecular weight excluding hydrogens is 459 g/mol. The van der Waals surface area contributed by atoms with Crippen LogP contribution in [0.3, 0.4) is 0 Å². The van der Waals surface area contributed by atoms with Gasteiger partial charge in [-0.2, -0.15) is 18.4 Å². The second-order valence-electron chi connectivity index (χ2n) is 6.97. The summed E-state index contributed by atoms with van der Waals surface area (Å²) >= 11 is 1.07. The highest BCUT2D eigenvalue weighted by molar-refractivity contribution is 7.98. The maximum Gasteiger partial charge on any atom is 0.416 e. The molecule has 33 heavy (non-hydrogen) atoms. The second-order valence-corrected chi connectivity index (χ2v) is 7.76. The van der Waals surface area contributed by atoms with Crippen LogP contribution in [0.5, 0.6) is 0 Å². The Morgan fingerprint density at radius 1 is 1.24 bits per heavy atom. The van der Waals surface area contributed by atoms with Gasteiger partial charge in [0, 0.05) is 12.6 Å². The molecule has 0 unspecified atom stereocenters. The summed E-state index contributed by atoms with van der Waals surface area (Å²) in [5.41, 5.74) is 8.73. The average Bonchev–Trinajstić information content (AvgIpc) is 2.75. The molecule has 1 aromatic heterocycles. The number of rotatable bonds is 8. The van der Waals surface area contributed by atoms with E-state index < -0.39 is 29.1 Å². The van der Waals surface area contributed by atoms with Crippen LogP contribution in [0.25, 0.3) is 0 Å². The van der Waals surface area contributed by atoms with Crippen molar-refractivity contribution in [3.05, 3.63) is 41.1 Å². The molecule has 0 saturated carbocycles. The van der Waals surface area contributed by atoms with Gasteiger partial charge in [-0.1, -0.05) is 6.07 Å². The number of nitriles is 1. The SMILES string of the molecule is CSc1nc(NC(C)=O)nc([C@](N)(CCCN)C(=O)Nc2cccc(C(F)(F)F)c2)c1C#N. The number of alkyl halides is 3. The number of nitrogens with zero attached hydrogens (tertiary/aromatic N) is 3. The Labute approximate surface area is 192 Å². The zero-order valence-electron chi connectivity index (χ0n) is 17.8. The minimum Gasteiger partial charge on any atom is -0.330 e. The number of hydrogen-bond donors (Lipinski definition) is 4. The van der Waals surface area contributed by atoms with Gasteiger partial charge in [0.05, 0.1) is 11.3 Å². The number of thioether (sulfide) groups is 1. The Morgan fingerprint density at radius 2 is 1.94 bits per heavy atom. The van der Waals surface area contributed by atoms with Gasteiger partial charge in [0.25, 0.3) is 5.91 Å². The van der Waals surface area contributed by atoms with Crippen molar-refractivity contribution in [1.82, 2.24) is 9.97 Å². The lowest BCUT2D eigenvalue weighted by Gasteiger charge is -2.29. The molecule has 2 aromatic rings. The fourth-order valence-corrected chi connectivity index (χ4v) is 3.49. The van der Waals surface area contributed by atoms with Crippen LogP contribution in [-0.4, -0.2) is 34.6 Å². The van der Waals surface area contributed by atoms with E-state index in [-0.39, 0.29) is 47.3 Å². The molecule has 2 rings (SSSR count). The molecule has 6 N–H and O–H groups in total. The van der Waals surface area contributed by atoms with E-state index in [0.717, 1.165) is 30.0 Å². The van der Waals surface area contributed by atoms with Gasteiger partial charge >= 0.3 is 6.18 Å². The Hall–Kier alpha value is -3.21. The summed E-state index contributed by atoms with van der Waals surface area (Å²) in [5, 5.41) is 14.7. The molecule has 0 bridgehead atoms. The summed E-state index contributed by atoms with van der Waals surface area (Å²) in [5.74, 6) is -1.56. The molecule has 1 aromatic carbocycles. The first-order valence-corrected chi connectivity index (χ1v) is 10.8. The number of halogens is 3. The van der Waals surface area contributed by atoms with Crippen LogP contribution in [-0.2, 0) is 21.3 Å².